The molecule has 1 unspecified atom stereocenters. The van der Waals surface area contributed by atoms with Gasteiger partial charge in [0.2, 0.25) is 0 Å². The van der Waals surface area contributed by atoms with Crippen molar-refractivity contribution in [1.29, 1.82) is 0 Å². The van der Waals surface area contributed by atoms with Crippen LogP contribution in [0.3, 0.4) is 0 Å². The third-order valence-corrected chi connectivity index (χ3v) is 3.37. The van der Waals surface area contributed by atoms with Crippen molar-refractivity contribution in [3.63, 3.8) is 0 Å². The van der Waals surface area contributed by atoms with E-state index < -0.39 is 35.1 Å². The molecule has 0 aromatic carbocycles. The fraction of sp³-hybridized carbons (Fsp3) is 0.556. The Bertz CT molecular complexity index is 486. The number of hydrogen-bond acceptors (Lipinski definition) is 4. The summed E-state index contributed by atoms with van der Waals surface area (Å²) in [5.74, 6) is -7.64. The normalized spacial score (nSPS) is 16.2. The molecule has 0 amide bonds. The molecule has 0 radical (unpaired) electrons. The highest BCUT2D eigenvalue weighted by molar-refractivity contribution is 7.09. The van der Waals surface area contributed by atoms with Gasteiger partial charge in [-0.1, -0.05) is 0 Å². The Morgan fingerprint density at radius 2 is 1.89 bits per heavy atom. The molecule has 19 heavy (non-hydrogen) atoms. The molecular weight excluding hydrogens is 297 g/mol. The van der Waals surface area contributed by atoms with Crippen LogP contribution < -0.4 is 0 Å². The van der Waals surface area contributed by atoms with Crippen molar-refractivity contribution < 1.29 is 37.0 Å². The molecule has 10 heteroatoms. The Morgan fingerprint density at radius 1 is 1.37 bits per heavy atom. The molecule has 1 rings (SSSR count). The van der Waals surface area contributed by atoms with Crippen LogP contribution in [-0.4, -0.2) is 33.3 Å². The molecule has 0 aliphatic heterocycles. The first-order valence-corrected chi connectivity index (χ1v) is 5.61. The van der Waals surface area contributed by atoms with Gasteiger partial charge in [-0.25, -0.2) is 4.98 Å². The maximum absolute atomic E-state index is 13.4. The third-order valence-electron chi connectivity index (χ3n) is 2.26. The highest BCUT2D eigenvalue weighted by Crippen LogP contribution is 2.50. The second-order valence-corrected chi connectivity index (χ2v) is 4.66. The van der Waals surface area contributed by atoms with E-state index in [9.17, 15) is 31.9 Å². The van der Waals surface area contributed by atoms with E-state index in [1.165, 1.54) is 6.92 Å². The zero-order valence-corrected chi connectivity index (χ0v) is 10.1. The monoisotopic (exact) mass is 305 g/mol. The van der Waals surface area contributed by atoms with Crippen molar-refractivity contribution in [3.05, 3.63) is 16.1 Å². The van der Waals surface area contributed by atoms with Crippen LogP contribution in [0, 0.1) is 6.92 Å². The van der Waals surface area contributed by atoms with Gasteiger partial charge in [-0.15, -0.1) is 11.3 Å². The van der Waals surface area contributed by atoms with Gasteiger partial charge < -0.3 is 10.2 Å². The Hall–Kier alpha value is -1.29. The predicted octanol–water partition coefficient (Wildman–Crippen LogP) is 2.31. The summed E-state index contributed by atoms with van der Waals surface area (Å²) in [6.45, 7) is 1.31. The summed E-state index contributed by atoms with van der Waals surface area (Å²) >= 11 is 0.337. The van der Waals surface area contributed by atoms with E-state index >= 15 is 0 Å². The highest BCUT2D eigenvalue weighted by Gasteiger charge is 2.72. The zero-order valence-electron chi connectivity index (χ0n) is 9.33. The maximum Gasteiger partial charge on any atom is 0.456 e. The number of carbonyl (C=O) groups is 1. The molecule has 0 fully saturated rings. The lowest BCUT2D eigenvalue weighted by Crippen LogP contribution is -2.55. The van der Waals surface area contributed by atoms with Crippen LogP contribution in [0.25, 0.3) is 0 Å². The highest BCUT2D eigenvalue weighted by atomic mass is 32.1. The minimum Gasteiger partial charge on any atom is -0.481 e. The summed E-state index contributed by atoms with van der Waals surface area (Å²) in [4.78, 5) is 13.8. The average Bonchev–Trinajstić information content (AvgIpc) is 2.62. The van der Waals surface area contributed by atoms with Gasteiger partial charge in [0, 0.05) is 11.1 Å². The summed E-state index contributed by atoms with van der Waals surface area (Å²) in [5.41, 5.74) is -3.84. The molecule has 0 aliphatic carbocycles. The molecule has 2 N–H and O–H groups in total. The number of aryl methyl sites for hydroxylation is 1. The summed E-state index contributed by atoms with van der Waals surface area (Å²) in [7, 11) is 0. The quantitative estimate of drug-likeness (QED) is 0.838. The summed E-state index contributed by atoms with van der Waals surface area (Å²) < 4.78 is 63.8. The predicted molar refractivity (Wildman–Crippen MR) is 54.0 cm³/mol. The number of aromatic nitrogens is 1. The molecule has 1 aromatic heterocycles. The van der Waals surface area contributed by atoms with Gasteiger partial charge in [0.05, 0.1) is 6.42 Å². The first-order chi connectivity index (χ1) is 8.42. The molecule has 0 saturated heterocycles. The average molecular weight is 305 g/mol. The number of thiazole rings is 1. The van der Waals surface area contributed by atoms with E-state index in [0.29, 0.717) is 11.3 Å². The SMILES string of the molecule is Cc1csc(C(O)(CC(=O)O)C(F)(F)C(F)(F)F)n1. The molecule has 1 atom stereocenters. The molecule has 0 bridgehead atoms. The van der Waals surface area contributed by atoms with Crippen LogP contribution in [0.15, 0.2) is 5.38 Å². The smallest absolute Gasteiger partial charge is 0.456 e. The number of aliphatic carboxylic acids is 1. The first-order valence-electron chi connectivity index (χ1n) is 4.73. The largest absolute Gasteiger partial charge is 0.481 e. The van der Waals surface area contributed by atoms with Crippen molar-refractivity contribution in [2.75, 3.05) is 0 Å². The standard InChI is InChI=1S/C9H8F5NO3S/c1-4-3-19-6(15-4)7(18,2-5(16)17)8(10,11)9(12,13)14/h3,18H,2H2,1H3,(H,16,17). The molecule has 0 saturated carbocycles. The first kappa shape index (κ1) is 15.8. The lowest BCUT2D eigenvalue weighted by Gasteiger charge is -2.34. The summed E-state index contributed by atoms with van der Waals surface area (Å²) in [5, 5.41) is 18.2. The Labute approximate surface area is 107 Å². The maximum atomic E-state index is 13.4. The van der Waals surface area contributed by atoms with Crippen LogP contribution in [0.5, 0.6) is 0 Å². The van der Waals surface area contributed by atoms with Gasteiger partial charge in [-0.2, -0.15) is 22.0 Å². The van der Waals surface area contributed by atoms with Crippen LogP contribution in [0.2, 0.25) is 0 Å². The number of rotatable bonds is 4. The Morgan fingerprint density at radius 3 is 2.21 bits per heavy atom. The van der Waals surface area contributed by atoms with Crippen LogP contribution in [-0.2, 0) is 10.4 Å². The van der Waals surface area contributed by atoms with Crippen LogP contribution >= 0.6 is 11.3 Å². The van der Waals surface area contributed by atoms with Crippen molar-refractivity contribution >= 4 is 17.3 Å². The van der Waals surface area contributed by atoms with E-state index in [0.717, 1.165) is 5.38 Å². The van der Waals surface area contributed by atoms with Gasteiger partial charge in [-0.05, 0) is 6.92 Å². The Kier molecular flexibility index (Phi) is 3.88. The van der Waals surface area contributed by atoms with Crippen molar-refractivity contribution in [2.24, 2.45) is 0 Å². The number of aliphatic hydroxyl groups is 1. The molecular formula is C9H8F5NO3S. The number of carboxylic acid groups (broad SMARTS) is 1. The fourth-order valence-electron chi connectivity index (χ4n) is 1.32. The van der Waals surface area contributed by atoms with E-state index in [1.807, 2.05) is 0 Å². The minimum atomic E-state index is -6.10. The number of hydrogen-bond donors (Lipinski definition) is 2. The second-order valence-electron chi connectivity index (χ2n) is 3.80. The second kappa shape index (κ2) is 4.67. The van der Waals surface area contributed by atoms with E-state index in [1.54, 1.807) is 0 Å². The van der Waals surface area contributed by atoms with Crippen molar-refractivity contribution in [3.8, 4) is 0 Å². The number of carboxylic acids is 1. The topological polar surface area (TPSA) is 70.4 Å². The molecule has 1 aromatic rings. The molecule has 108 valence electrons. The number of nitrogens with zero attached hydrogens (tertiary/aromatic N) is 1. The summed E-state index contributed by atoms with van der Waals surface area (Å²) in [6, 6.07) is 0. The molecule has 0 aliphatic rings. The van der Waals surface area contributed by atoms with Crippen LogP contribution in [0.1, 0.15) is 17.1 Å². The van der Waals surface area contributed by atoms with Crippen molar-refractivity contribution in [1.82, 2.24) is 4.98 Å². The lowest BCUT2D eigenvalue weighted by atomic mass is 9.91. The van der Waals surface area contributed by atoms with Gasteiger partial charge in [0.25, 0.3) is 0 Å². The lowest BCUT2D eigenvalue weighted by molar-refractivity contribution is -0.346. The Balaban J connectivity index is 3.40. The summed E-state index contributed by atoms with van der Waals surface area (Å²) in [6.07, 6.45) is -7.91. The molecule has 4 nitrogen and oxygen atoms in total. The van der Waals surface area contributed by atoms with Crippen molar-refractivity contribution in [2.45, 2.75) is 31.0 Å². The van der Waals surface area contributed by atoms with E-state index in [2.05, 4.69) is 4.98 Å². The molecule has 1 heterocycles. The minimum absolute atomic E-state index is 0.0989. The number of halogens is 5. The van der Waals surface area contributed by atoms with E-state index in [-0.39, 0.29) is 5.69 Å². The van der Waals surface area contributed by atoms with Gasteiger partial charge >= 0.3 is 18.1 Å². The van der Waals surface area contributed by atoms with Crippen LogP contribution in [0.4, 0.5) is 22.0 Å². The van der Waals surface area contributed by atoms with Gasteiger partial charge in [0.1, 0.15) is 5.01 Å². The van der Waals surface area contributed by atoms with Gasteiger partial charge in [-0.3, -0.25) is 4.79 Å². The molecule has 0 spiro atoms. The third kappa shape index (κ3) is 2.68. The fourth-order valence-corrected chi connectivity index (χ4v) is 2.25. The van der Waals surface area contributed by atoms with Gasteiger partial charge in [0.15, 0.2) is 5.60 Å². The van der Waals surface area contributed by atoms with E-state index in [4.69, 9.17) is 5.11 Å². The zero-order chi connectivity index (χ0) is 15.1. The number of alkyl halides is 5.